The zero-order valence-electron chi connectivity index (χ0n) is 17.1. The molecule has 6 nitrogen and oxygen atoms in total. The molecule has 2 aromatic carbocycles. The van der Waals surface area contributed by atoms with Gasteiger partial charge in [-0.1, -0.05) is 12.1 Å². The predicted molar refractivity (Wildman–Crippen MR) is 110 cm³/mol. The third kappa shape index (κ3) is 6.13. The number of benzene rings is 2. The lowest BCUT2D eigenvalue weighted by molar-refractivity contribution is 0.0818. The highest BCUT2D eigenvalue weighted by atomic mass is 19.3. The average Bonchev–Trinajstić information content (AvgIpc) is 2.76. The van der Waals surface area contributed by atoms with Crippen LogP contribution in [0.3, 0.4) is 0 Å². The van der Waals surface area contributed by atoms with E-state index in [-0.39, 0.29) is 18.4 Å². The predicted octanol–water partition coefficient (Wildman–Crippen LogP) is 3.70. The number of hydrogen-bond donors (Lipinski definition) is 1. The third-order valence-electron chi connectivity index (χ3n) is 4.98. The lowest BCUT2D eigenvalue weighted by atomic mass is 10.1. The van der Waals surface area contributed by atoms with Gasteiger partial charge in [-0.2, -0.15) is 0 Å². The quantitative estimate of drug-likeness (QED) is 0.674. The number of hydrogen-bond acceptors (Lipinski definition) is 4. The van der Waals surface area contributed by atoms with Crippen LogP contribution in [0.25, 0.3) is 0 Å². The Bertz CT molecular complexity index is 931. The van der Waals surface area contributed by atoms with E-state index >= 15 is 0 Å². The van der Waals surface area contributed by atoms with Crippen molar-refractivity contribution >= 4 is 17.5 Å². The molecule has 0 saturated carbocycles. The van der Waals surface area contributed by atoms with Crippen LogP contribution in [0.1, 0.15) is 22.8 Å². The highest BCUT2D eigenvalue weighted by Gasteiger charge is 2.23. The highest BCUT2D eigenvalue weighted by Crippen LogP contribution is 2.22. The highest BCUT2D eigenvalue weighted by molar-refractivity contribution is 5.94. The second kappa shape index (κ2) is 10.2. The molecule has 31 heavy (non-hydrogen) atoms. The zero-order valence-corrected chi connectivity index (χ0v) is 17.1. The molecule has 1 N–H and O–H groups in total. The summed E-state index contributed by atoms with van der Waals surface area (Å²) in [5.41, 5.74) is 1.46. The van der Waals surface area contributed by atoms with Crippen LogP contribution in [-0.4, -0.2) is 55.9 Å². The second-order valence-electron chi connectivity index (χ2n) is 7.20. The molecule has 0 aliphatic carbocycles. The number of nitrogens with zero attached hydrogens (tertiary/aromatic N) is 2. The number of rotatable bonds is 7. The molecule has 1 heterocycles. The Hall–Kier alpha value is -3.23. The number of anilines is 1. The largest absolute Gasteiger partial charge is 0.488 e. The molecule has 9 heteroatoms. The number of alkyl halides is 2. The Morgan fingerprint density at radius 3 is 2.48 bits per heavy atom. The Morgan fingerprint density at radius 1 is 1.10 bits per heavy atom. The Morgan fingerprint density at radius 2 is 1.84 bits per heavy atom. The van der Waals surface area contributed by atoms with E-state index in [1.54, 1.807) is 41.3 Å². The van der Waals surface area contributed by atoms with E-state index in [1.807, 2.05) is 4.90 Å². The van der Waals surface area contributed by atoms with Crippen molar-refractivity contribution in [3.05, 3.63) is 59.4 Å². The molecule has 1 aliphatic heterocycles. The van der Waals surface area contributed by atoms with Crippen LogP contribution >= 0.6 is 0 Å². The maximum atomic E-state index is 14.4. The summed E-state index contributed by atoms with van der Waals surface area (Å²) in [7, 11) is 0. The van der Waals surface area contributed by atoms with Crippen LogP contribution in [0, 0.1) is 5.82 Å². The average molecular weight is 435 g/mol. The summed E-state index contributed by atoms with van der Waals surface area (Å²) < 4.78 is 43.9. The van der Waals surface area contributed by atoms with E-state index < -0.39 is 18.8 Å². The van der Waals surface area contributed by atoms with Gasteiger partial charge in [0.15, 0.2) is 5.78 Å². The molecule has 0 unspecified atom stereocenters. The van der Waals surface area contributed by atoms with Gasteiger partial charge in [-0.05, 0) is 42.8 Å². The summed E-state index contributed by atoms with van der Waals surface area (Å²) in [5.74, 6) is -0.337. The summed E-state index contributed by atoms with van der Waals surface area (Å²) in [6.07, 6.45) is -2.55. The molecule has 0 radical (unpaired) electrons. The molecule has 1 fully saturated rings. The molecule has 0 bridgehead atoms. The topological polar surface area (TPSA) is 61.9 Å². The molecule has 3 rings (SSSR count). The molecule has 0 atom stereocenters. The van der Waals surface area contributed by atoms with Gasteiger partial charge < -0.3 is 19.9 Å². The second-order valence-corrected chi connectivity index (χ2v) is 7.20. The molecule has 166 valence electrons. The number of carbonyl (C=O) groups excluding carboxylic acids is 2. The molecular weight excluding hydrogens is 411 g/mol. The van der Waals surface area contributed by atoms with Gasteiger partial charge in [0.1, 0.15) is 18.2 Å². The number of carbonyl (C=O) groups is 2. The number of Topliss-reactive ketones (excluding diaryl/α,β-unsaturated/α-hetero) is 1. The summed E-state index contributed by atoms with van der Waals surface area (Å²) >= 11 is 0. The van der Waals surface area contributed by atoms with Crippen LogP contribution in [0.15, 0.2) is 42.5 Å². The van der Waals surface area contributed by atoms with E-state index in [2.05, 4.69) is 5.32 Å². The molecule has 2 aromatic rings. The van der Waals surface area contributed by atoms with Gasteiger partial charge in [-0.25, -0.2) is 18.0 Å². The molecule has 1 saturated heterocycles. The van der Waals surface area contributed by atoms with E-state index in [9.17, 15) is 22.8 Å². The summed E-state index contributed by atoms with van der Waals surface area (Å²) in [4.78, 5) is 27.3. The lowest BCUT2D eigenvalue weighted by Gasteiger charge is -2.36. The van der Waals surface area contributed by atoms with Crippen LogP contribution < -0.4 is 15.0 Å². The van der Waals surface area contributed by atoms with Gasteiger partial charge >= 0.3 is 6.03 Å². The van der Waals surface area contributed by atoms with E-state index in [1.165, 1.54) is 13.0 Å². The smallest absolute Gasteiger partial charge is 0.317 e. The molecule has 2 amide bonds. The van der Waals surface area contributed by atoms with Gasteiger partial charge in [0.2, 0.25) is 0 Å². The number of ether oxygens (including phenoxy) is 1. The first-order chi connectivity index (χ1) is 14.8. The summed E-state index contributed by atoms with van der Waals surface area (Å²) in [5, 5.41) is 2.80. The van der Waals surface area contributed by atoms with Crippen LogP contribution in [0.2, 0.25) is 0 Å². The molecular formula is C22H24F3N3O3. The van der Waals surface area contributed by atoms with Gasteiger partial charge in [0.25, 0.3) is 6.43 Å². The van der Waals surface area contributed by atoms with E-state index in [4.69, 9.17) is 4.74 Å². The number of piperazine rings is 1. The fraction of sp³-hybridized carbons (Fsp3) is 0.364. The van der Waals surface area contributed by atoms with E-state index in [0.29, 0.717) is 43.2 Å². The summed E-state index contributed by atoms with van der Waals surface area (Å²) in [6.45, 7) is 2.68. The van der Waals surface area contributed by atoms with Gasteiger partial charge in [-0.15, -0.1) is 0 Å². The molecule has 1 aliphatic rings. The Kier molecular flexibility index (Phi) is 7.38. The van der Waals surface area contributed by atoms with Crippen molar-refractivity contribution in [1.82, 2.24) is 10.2 Å². The Labute approximate surface area is 178 Å². The first kappa shape index (κ1) is 22.5. The van der Waals surface area contributed by atoms with Crippen molar-refractivity contribution in [3.8, 4) is 5.75 Å². The number of nitrogens with one attached hydrogen (secondary N) is 1. The minimum atomic E-state index is -2.55. The number of halogens is 3. The monoisotopic (exact) mass is 435 g/mol. The zero-order chi connectivity index (χ0) is 22.4. The minimum Gasteiger partial charge on any atom is -0.488 e. The first-order valence-corrected chi connectivity index (χ1v) is 9.91. The normalized spacial score (nSPS) is 14.0. The van der Waals surface area contributed by atoms with Gasteiger partial charge in [0.05, 0.1) is 5.69 Å². The standard InChI is InChI=1S/C22H24F3N3O3/c1-15(29)17-5-6-20(19(23)12-17)27-7-9-28(10-8-27)22(30)26-13-16-3-2-4-18(11-16)31-14-21(24)25/h2-6,11-12,21H,7-10,13-14H2,1H3,(H,26,30). The van der Waals surface area contributed by atoms with Crippen molar-refractivity contribution in [2.75, 3.05) is 37.7 Å². The SMILES string of the molecule is CC(=O)c1ccc(N2CCN(C(=O)NCc3cccc(OCC(F)F)c3)CC2)c(F)c1. The maximum Gasteiger partial charge on any atom is 0.317 e. The fourth-order valence-corrected chi connectivity index (χ4v) is 3.33. The lowest BCUT2D eigenvalue weighted by Crippen LogP contribution is -2.51. The minimum absolute atomic E-state index is 0.196. The summed E-state index contributed by atoms with van der Waals surface area (Å²) in [6, 6.07) is 10.8. The van der Waals surface area contributed by atoms with Crippen LogP contribution in [0.4, 0.5) is 23.7 Å². The van der Waals surface area contributed by atoms with Gasteiger partial charge in [-0.3, -0.25) is 4.79 Å². The van der Waals surface area contributed by atoms with Gasteiger partial charge in [0, 0.05) is 38.3 Å². The number of ketones is 1. The Balaban J connectivity index is 1.49. The fourth-order valence-electron chi connectivity index (χ4n) is 3.33. The molecule has 0 aromatic heterocycles. The van der Waals surface area contributed by atoms with Crippen molar-refractivity contribution in [2.45, 2.75) is 19.9 Å². The first-order valence-electron chi connectivity index (χ1n) is 9.91. The maximum absolute atomic E-state index is 14.4. The number of amides is 2. The van der Waals surface area contributed by atoms with Crippen LogP contribution in [-0.2, 0) is 6.54 Å². The number of urea groups is 1. The van der Waals surface area contributed by atoms with Crippen molar-refractivity contribution in [2.24, 2.45) is 0 Å². The van der Waals surface area contributed by atoms with E-state index in [0.717, 1.165) is 5.56 Å². The van der Waals surface area contributed by atoms with Crippen molar-refractivity contribution in [3.63, 3.8) is 0 Å². The van der Waals surface area contributed by atoms with Crippen LogP contribution in [0.5, 0.6) is 5.75 Å². The van der Waals surface area contributed by atoms with Crippen molar-refractivity contribution in [1.29, 1.82) is 0 Å². The third-order valence-corrected chi connectivity index (χ3v) is 4.98. The molecule has 0 spiro atoms. The van der Waals surface area contributed by atoms with Crippen molar-refractivity contribution < 1.29 is 27.5 Å².